The summed E-state index contributed by atoms with van der Waals surface area (Å²) in [6.45, 7) is 2.92. The van der Waals surface area contributed by atoms with Gasteiger partial charge < -0.3 is 5.32 Å². The summed E-state index contributed by atoms with van der Waals surface area (Å²) in [5.41, 5.74) is 1.79. The van der Waals surface area contributed by atoms with E-state index in [0.29, 0.717) is 36.5 Å². The van der Waals surface area contributed by atoms with Crippen molar-refractivity contribution in [1.82, 2.24) is 9.62 Å². The van der Waals surface area contributed by atoms with E-state index < -0.39 is 10.0 Å². The monoisotopic (exact) mass is 434 g/mol. The van der Waals surface area contributed by atoms with E-state index in [1.54, 1.807) is 25.1 Å². The molecule has 1 aliphatic heterocycles. The van der Waals surface area contributed by atoms with E-state index in [-0.39, 0.29) is 23.3 Å². The van der Waals surface area contributed by atoms with E-state index in [2.05, 4.69) is 17.4 Å². The van der Waals surface area contributed by atoms with Gasteiger partial charge in [0.05, 0.1) is 10.8 Å². The van der Waals surface area contributed by atoms with Gasteiger partial charge in [0.1, 0.15) is 0 Å². The predicted molar refractivity (Wildman–Crippen MR) is 115 cm³/mol. The van der Waals surface area contributed by atoms with Gasteiger partial charge in [-0.15, -0.1) is 0 Å². The smallest absolute Gasteiger partial charge is 0.243 e. The molecule has 156 valence electrons. The van der Waals surface area contributed by atoms with Gasteiger partial charge in [0.25, 0.3) is 0 Å². The van der Waals surface area contributed by atoms with Gasteiger partial charge in [-0.25, -0.2) is 8.42 Å². The van der Waals surface area contributed by atoms with E-state index in [0.717, 1.165) is 12.8 Å². The summed E-state index contributed by atoms with van der Waals surface area (Å²) in [5, 5.41) is 3.40. The Morgan fingerprint density at radius 2 is 1.93 bits per heavy atom. The third-order valence-corrected chi connectivity index (χ3v) is 7.79. The molecule has 3 rings (SSSR count). The van der Waals surface area contributed by atoms with Crippen molar-refractivity contribution in [2.24, 2.45) is 5.92 Å². The maximum absolute atomic E-state index is 13.1. The molecule has 1 amide bonds. The molecule has 2 aromatic rings. The van der Waals surface area contributed by atoms with Crippen molar-refractivity contribution < 1.29 is 13.2 Å². The Hall–Kier alpha value is -1.89. The average Bonchev–Trinajstić information content (AvgIpc) is 2.73. The maximum Gasteiger partial charge on any atom is 0.243 e. The summed E-state index contributed by atoms with van der Waals surface area (Å²) in [6.07, 6.45) is 3.12. The molecule has 0 aliphatic carbocycles. The summed E-state index contributed by atoms with van der Waals surface area (Å²) >= 11 is 6.11. The third kappa shape index (κ3) is 5.38. The average molecular weight is 435 g/mol. The van der Waals surface area contributed by atoms with Gasteiger partial charge in [0.15, 0.2) is 0 Å². The molecule has 1 unspecified atom stereocenters. The van der Waals surface area contributed by atoms with Crippen LogP contribution >= 0.6 is 11.6 Å². The number of hydrogen-bond acceptors (Lipinski definition) is 3. The number of nitrogens with zero attached hydrogens (tertiary/aromatic N) is 1. The number of hydrogen-bond donors (Lipinski definition) is 1. The third-order valence-electron chi connectivity index (χ3n) is 5.38. The van der Waals surface area contributed by atoms with Crippen molar-refractivity contribution in [3.63, 3.8) is 0 Å². The lowest BCUT2D eigenvalue weighted by atomic mass is 9.99. The highest BCUT2D eigenvalue weighted by molar-refractivity contribution is 7.89. The number of aryl methyl sites for hydroxylation is 1. The van der Waals surface area contributed by atoms with E-state index >= 15 is 0 Å². The number of carbonyl (C=O) groups excluding carboxylic acids is 1. The van der Waals surface area contributed by atoms with E-state index in [1.807, 2.05) is 18.2 Å². The lowest BCUT2D eigenvalue weighted by Gasteiger charge is -2.31. The Balaban J connectivity index is 1.57. The maximum atomic E-state index is 13.1. The first-order valence-electron chi connectivity index (χ1n) is 9.96. The van der Waals surface area contributed by atoms with Gasteiger partial charge in [-0.3, -0.25) is 4.79 Å². The Labute approximate surface area is 178 Å². The molecular weight excluding hydrogens is 408 g/mol. The molecule has 0 saturated carbocycles. The van der Waals surface area contributed by atoms with Gasteiger partial charge in [-0.1, -0.05) is 48.0 Å². The minimum Gasteiger partial charge on any atom is -0.356 e. The molecule has 1 aliphatic rings. The number of carbonyl (C=O) groups is 1. The first-order chi connectivity index (χ1) is 13.9. The summed E-state index contributed by atoms with van der Waals surface area (Å²) in [7, 11) is -3.67. The van der Waals surface area contributed by atoms with Crippen LogP contribution in [0.2, 0.25) is 5.02 Å². The molecule has 29 heavy (non-hydrogen) atoms. The van der Waals surface area contributed by atoms with Gasteiger partial charge in [-0.2, -0.15) is 4.31 Å². The number of sulfonamides is 1. The molecule has 0 spiro atoms. The number of benzene rings is 2. The van der Waals surface area contributed by atoms with Crippen LogP contribution in [0.3, 0.4) is 0 Å². The lowest BCUT2D eigenvalue weighted by molar-refractivity contribution is -0.126. The number of rotatable bonds is 7. The highest BCUT2D eigenvalue weighted by Gasteiger charge is 2.34. The van der Waals surface area contributed by atoms with Crippen LogP contribution < -0.4 is 5.32 Å². The normalized spacial score (nSPS) is 17.8. The number of halogens is 1. The number of nitrogens with one attached hydrogen (secondary N) is 1. The van der Waals surface area contributed by atoms with Crippen LogP contribution in [0.25, 0.3) is 0 Å². The van der Waals surface area contributed by atoms with Gasteiger partial charge in [0.2, 0.25) is 15.9 Å². The molecule has 7 heteroatoms. The molecule has 0 aromatic heterocycles. The quantitative estimate of drug-likeness (QED) is 0.674. The van der Waals surface area contributed by atoms with Crippen LogP contribution in [0.4, 0.5) is 0 Å². The van der Waals surface area contributed by atoms with E-state index in [1.165, 1.54) is 9.87 Å². The minimum absolute atomic E-state index is 0.0687. The summed E-state index contributed by atoms with van der Waals surface area (Å²) in [5.74, 6) is -0.393. The van der Waals surface area contributed by atoms with Crippen molar-refractivity contribution in [1.29, 1.82) is 0 Å². The topological polar surface area (TPSA) is 66.5 Å². The van der Waals surface area contributed by atoms with Gasteiger partial charge in [0, 0.05) is 24.7 Å². The molecule has 5 nitrogen and oxygen atoms in total. The zero-order chi connectivity index (χ0) is 20.9. The molecule has 1 heterocycles. The van der Waals surface area contributed by atoms with Gasteiger partial charge in [-0.05, 0) is 55.9 Å². The minimum atomic E-state index is -3.67. The first kappa shape index (κ1) is 21.8. The standard InChI is InChI=1S/C22H27ClN2O3S/c1-17-20(23)12-5-13-21(17)29(27,28)25-15-7-11-19(16-25)22(26)24-14-6-10-18-8-3-2-4-9-18/h2-5,8-9,12-13,19H,6-7,10-11,14-16H2,1H3,(H,24,26). The second-order valence-electron chi connectivity index (χ2n) is 7.45. The SMILES string of the molecule is Cc1c(Cl)cccc1S(=O)(=O)N1CCCC(C(=O)NCCCc2ccccc2)C1. The molecule has 2 aromatic carbocycles. The fourth-order valence-electron chi connectivity index (χ4n) is 3.67. The first-order valence-corrected chi connectivity index (χ1v) is 11.8. The highest BCUT2D eigenvalue weighted by Crippen LogP contribution is 2.28. The predicted octanol–water partition coefficient (Wildman–Crippen LogP) is 3.80. The van der Waals surface area contributed by atoms with Crippen molar-refractivity contribution in [3.8, 4) is 0 Å². The molecule has 1 fully saturated rings. The zero-order valence-electron chi connectivity index (χ0n) is 16.6. The molecule has 1 saturated heterocycles. The number of piperidine rings is 1. The molecule has 1 atom stereocenters. The van der Waals surface area contributed by atoms with Crippen LogP contribution in [0.5, 0.6) is 0 Å². The number of amides is 1. The van der Waals surface area contributed by atoms with Crippen LogP contribution in [-0.2, 0) is 21.2 Å². The fourth-order valence-corrected chi connectivity index (χ4v) is 5.68. The summed E-state index contributed by atoms with van der Waals surface area (Å²) < 4.78 is 27.6. The molecule has 1 N–H and O–H groups in total. The largest absolute Gasteiger partial charge is 0.356 e. The lowest BCUT2D eigenvalue weighted by Crippen LogP contribution is -2.45. The fraction of sp³-hybridized carbons (Fsp3) is 0.409. The van der Waals surface area contributed by atoms with Crippen LogP contribution in [-0.4, -0.2) is 38.3 Å². The highest BCUT2D eigenvalue weighted by atomic mass is 35.5. The second kappa shape index (κ2) is 9.74. The molecule has 0 radical (unpaired) electrons. The molecule has 0 bridgehead atoms. The van der Waals surface area contributed by atoms with Crippen molar-refractivity contribution >= 4 is 27.5 Å². The Bertz CT molecular complexity index is 948. The van der Waals surface area contributed by atoms with Crippen molar-refractivity contribution in [3.05, 3.63) is 64.7 Å². The zero-order valence-corrected chi connectivity index (χ0v) is 18.2. The summed E-state index contributed by atoms with van der Waals surface area (Å²) in [6, 6.07) is 15.0. The van der Waals surface area contributed by atoms with Crippen LogP contribution in [0.1, 0.15) is 30.4 Å². The summed E-state index contributed by atoms with van der Waals surface area (Å²) in [4.78, 5) is 12.8. The van der Waals surface area contributed by atoms with Crippen LogP contribution in [0, 0.1) is 12.8 Å². The second-order valence-corrected chi connectivity index (χ2v) is 9.76. The van der Waals surface area contributed by atoms with E-state index in [9.17, 15) is 13.2 Å². The Morgan fingerprint density at radius 3 is 2.69 bits per heavy atom. The van der Waals surface area contributed by atoms with Gasteiger partial charge >= 0.3 is 0 Å². The van der Waals surface area contributed by atoms with Crippen molar-refractivity contribution in [2.75, 3.05) is 19.6 Å². The molecular formula is C22H27ClN2O3S. The van der Waals surface area contributed by atoms with E-state index in [4.69, 9.17) is 11.6 Å². The Morgan fingerprint density at radius 1 is 1.17 bits per heavy atom. The van der Waals surface area contributed by atoms with Crippen molar-refractivity contribution in [2.45, 2.75) is 37.5 Å². The van der Waals surface area contributed by atoms with Crippen LogP contribution in [0.15, 0.2) is 53.4 Å². The Kier molecular flexibility index (Phi) is 7.33.